The number of carbonyl (C=O) groups is 1. The van der Waals surface area contributed by atoms with Gasteiger partial charge in [0.15, 0.2) is 0 Å². The number of hydrogen-bond acceptors (Lipinski definition) is 4. The van der Waals surface area contributed by atoms with Crippen molar-refractivity contribution in [2.24, 2.45) is 0 Å². The van der Waals surface area contributed by atoms with Crippen LogP contribution in [0, 0.1) is 0 Å². The molecule has 0 radical (unpaired) electrons. The van der Waals surface area contributed by atoms with E-state index in [2.05, 4.69) is 5.32 Å². The second-order valence-electron chi connectivity index (χ2n) is 4.81. The molecule has 2 aromatic carbocycles. The van der Waals surface area contributed by atoms with Gasteiger partial charge in [0.05, 0.1) is 12.7 Å². The number of benzene rings is 2. The van der Waals surface area contributed by atoms with Crippen LogP contribution in [0.4, 0.5) is 5.69 Å². The highest BCUT2D eigenvalue weighted by Gasteiger charge is 2.13. The number of ether oxygens (including phenoxy) is 1. The minimum absolute atomic E-state index is 0.333. The highest BCUT2D eigenvalue weighted by Crippen LogP contribution is 2.24. The number of fused-ring (bicyclic) bond motifs is 1. The van der Waals surface area contributed by atoms with E-state index in [1.807, 2.05) is 0 Å². The zero-order valence-electron chi connectivity index (χ0n) is 12.1. The molecule has 0 atom stereocenters. The standard InChI is InChI=1S/C17H12ClNO4/c1-22-15-5-3-11(18)9-13(15)17(21)19-12-4-6-14-10(8-12)2-7-16(20)23-14/h2-9H,1H3,(H,19,21). The maximum atomic E-state index is 12.4. The van der Waals surface area contributed by atoms with E-state index in [0.29, 0.717) is 33.0 Å². The van der Waals surface area contributed by atoms with Gasteiger partial charge in [-0.3, -0.25) is 4.79 Å². The summed E-state index contributed by atoms with van der Waals surface area (Å²) in [5.74, 6) is 0.0831. The summed E-state index contributed by atoms with van der Waals surface area (Å²) in [6.45, 7) is 0. The Morgan fingerprint density at radius 2 is 1.96 bits per heavy atom. The minimum atomic E-state index is -0.419. The first-order valence-electron chi connectivity index (χ1n) is 6.75. The third kappa shape index (κ3) is 3.19. The topological polar surface area (TPSA) is 68.5 Å². The Morgan fingerprint density at radius 3 is 2.74 bits per heavy atom. The van der Waals surface area contributed by atoms with Gasteiger partial charge in [-0.25, -0.2) is 4.79 Å². The van der Waals surface area contributed by atoms with Crippen LogP contribution in [0.5, 0.6) is 5.75 Å². The molecule has 1 N–H and O–H groups in total. The lowest BCUT2D eigenvalue weighted by Gasteiger charge is -2.10. The lowest BCUT2D eigenvalue weighted by Crippen LogP contribution is -2.13. The number of rotatable bonds is 3. The largest absolute Gasteiger partial charge is 0.496 e. The second kappa shape index (κ2) is 6.14. The Balaban J connectivity index is 1.92. The van der Waals surface area contributed by atoms with E-state index in [-0.39, 0.29) is 5.91 Å². The zero-order chi connectivity index (χ0) is 16.4. The average molecular weight is 330 g/mol. The van der Waals surface area contributed by atoms with Crippen molar-refractivity contribution in [2.75, 3.05) is 12.4 Å². The Morgan fingerprint density at radius 1 is 1.13 bits per heavy atom. The Kier molecular flexibility index (Phi) is 4.04. The summed E-state index contributed by atoms with van der Waals surface area (Å²) < 4.78 is 10.2. The maximum absolute atomic E-state index is 12.4. The number of hydrogen-bond donors (Lipinski definition) is 1. The van der Waals surface area contributed by atoms with Gasteiger partial charge in [0.2, 0.25) is 0 Å². The van der Waals surface area contributed by atoms with Crippen LogP contribution in [0.2, 0.25) is 5.02 Å². The van der Waals surface area contributed by atoms with Gasteiger partial charge in [-0.05, 0) is 42.5 Å². The lowest BCUT2D eigenvalue weighted by atomic mass is 10.1. The predicted octanol–water partition coefficient (Wildman–Crippen LogP) is 3.71. The number of nitrogens with one attached hydrogen (secondary N) is 1. The van der Waals surface area contributed by atoms with Crippen molar-refractivity contribution in [3.63, 3.8) is 0 Å². The smallest absolute Gasteiger partial charge is 0.336 e. The van der Waals surface area contributed by atoms with Crippen molar-refractivity contribution in [1.82, 2.24) is 0 Å². The van der Waals surface area contributed by atoms with Gasteiger partial charge >= 0.3 is 5.63 Å². The first-order chi connectivity index (χ1) is 11.1. The normalized spacial score (nSPS) is 10.5. The molecule has 0 fully saturated rings. The fourth-order valence-electron chi connectivity index (χ4n) is 2.21. The van der Waals surface area contributed by atoms with E-state index >= 15 is 0 Å². The molecule has 0 aliphatic rings. The Hall–Kier alpha value is -2.79. The van der Waals surface area contributed by atoms with Crippen molar-refractivity contribution in [3.8, 4) is 5.75 Å². The van der Waals surface area contributed by atoms with Crippen molar-refractivity contribution in [1.29, 1.82) is 0 Å². The van der Waals surface area contributed by atoms with E-state index in [4.69, 9.17) is 20.8 Å². The molecule has 0 spiro atoms. The summed E-state index contributed by atoms with van der Waals surface area (Å²) >= 11 is 5.94. The molecule has 1 heterocycles. The molecule has 1 amide bonds. The molecular weight excluding hydrogens is 318 g/mol. The third-order valence-electron chi connectivity index (χ3n) is 3.28. The van der Waals surface area contributed by atoms with Crippen LogP contribution in [-0.4, -0.2) is 13.0 Å². The molecule has 0 aliphatic heterocycles. The zero-order valence-corrected chi connectivity index (χ0v) is 12.9. The van der Waals surface area contributed by atoms with Crippen LogP contribution < -0.4 is 15.7 Å². The van der Waals surface area contributed by atoms with Gasteiger partial charge < -0.3 is 14.5 Å². The molecule has 0 saturated carbocycles. The van der Waals surface area contributed by atoms with Gasteiger partial charge in [0.25, 0.3) is 5.91 Å². The molecule has 3 aromatic rings. The van der Waals surface area contributed by atoms with Crippen LogP contribution in [-0.2, 0) is 0 Å². The number of carbonyl (C=O) groups excluding carboxylic acids is 1. The molecule has 0 aliphatic carbocycles. The predicted molar refractivity (Wildman–Crippen MR) is 88.4 cm³/mol. The molecule has 116 valence electrons. The highest BCUT2D eigenvalue weighted by atomic mass is 35.5. The van der Waals surface area contributed by atoms with Crippen LogP contribution in [0.15, 0.2) is 57.7 Å². The Bertz CT molecular complexity index is 949. The number of halogens is 1. The maximum Gasteiger partial charge on any atom is 0.336 e. The van der Waals surface area contributed by atoms with Crippen LogP contribution in [0.3, 0.4) is 0 Å². The number of anilines is 1. The molecular formula is C17H12ClNO4. The number of amides is 1. The molecule has 0 bridgehead atoms. The van der Waals surface area contributed by atoms with Gasteiger partial charge in [-0.2, -0.15) is 0 Å². The molecule has 1 aromatic heterocycles. The second-order valence-corrected chi connectivity index (χ2v) is 5.24. The summed E-state index contributed by atoms with van der Waals surface area (Å²) in [5.41, 5.74) is 0.937. The fraction of sp³-hybridized carbons (Fsp3) is 0.0588. The summed E-state index contributed by atoms with van der Waals surface area (Å²) in [6, 6.07) is 12.8. The van der Waals surface area contributed by atoms with Gasteiger partial charge in [-0.1, -0.05) is 11.6 Å². The van der Waals surface area contributed by atoms with E-state index in [1.54, 1.807) is 36.4 Å². The molecule has 5 nitrogen and oxygen atoms in total. The third-order valence-corrected chi connectivity index (χ3v) is 3.52. The summed E-state index contributed by atoms with van der Waals surface area (Å²) in [4.78, 5) is 23.6. The Labute approximate surface area is 136 Å². The monoisotopic (exact) mass is 329 g/mol. The van der Waals surface area contributed by atoms with Crippen molar-refractivity contribution >= 4 is 34.2 Å². The van der Waals surface area contributed by atoms with Crippen molar-refractivity contribution < 1.29 is 13.9 Å². The molecule has 0 saturated heterocycles. The lowest BCUT2D eigenvalue weighted by molar-refractivity contribution is 0.102. The first kappa shape index (κ1) is 15.1. The fourth-order valence-corrected chi connectivity index (χ4v) is 2.38. The van der Waals surface area contributed by atoms with E-state index in [9.17, 15) is 9.59 Å². The van der Waals surface area contributed by atoms with Crippen molar-refractivity contribution in [2.45, 2.75) is 0 Å². The first-order valence-corrected chi connectivity index (χ1v) is 7.13. The van der Waals surface area contributed by atoms with E-state index < -0.39 is 5.63 Å². The van der Waals surface area contributed by atoms with Gasteiger partial charge in [-0.15, -0.1) is 0 Å². The van der Waals surface area contributed by atoms with E-state index in [1.165, 1.54) is 19.2 Å². The van der Waals surface area contributed by atoms with Crippen molar-refractivity contribution in [3.05, 3.63) is 69.5 Å². The quantitative estimate of drug-likeness (QED) is 0.744. The SMILES string of the molecule is COc1ccc(Cl)cc1C(=O)Nc1ccc2oc(=O)ccc2c1. The molecule has 6 heteroatoms. The van der Waals surface area contributed by atoms with Gasteiger partial charge in [0, 0.05) is 22.2 Å². The number of methoxy groups -OCH3 is 1. The van der Waals surface area contributed by atoms with Gasteiger partial charge in [0.1, 0.15) is 11.3 Å². The molecule has 3 rings (SSSR count). The van der Waals surface area contributed by atoms with Crippen LogP contribution in [0.25, 0.3) is 11.0 Å². The van der Waals surface area contributed by atoms with Crippen LogP contribution >= 0.6 is 11.6 Å². The molecule has 0 unspecified atom stereocenters. The summed E-state index contributed by atoms with van der Waals surface area (Å²) in [5, 5.41) is 3.92. The van der Waals surface area contributed by atoms with Crippen LogP contribution in [0.1, 0.15) is 10.4 Å². The average Bonchev–Trinajstić information content (AvgIpc) is 2.55. The molecule has 23 heavy (non-hydrogen) atoms. The summed E-state index contributed by atoms with van der Waals surface area (Å²) in [7, 11) is 1.48. The minimum Gasteiger partial charge on any atom is -0.496 e. The highest BCUT2D eigenvalue weighted by molar-refractivity contribution is 6.31. The summed E-state index contributed by atoms with van der Waals surface area (Å²) in [6.07, 6.45) is 0. The van der Waals surface area contributed by atoms with E-state index in [0.717, 1.165) is 0 Å².